The molecule has 0 aliphatic heterocycles. The third-order valence-corrected chi connectivity index (χ3v) is 3.17. The Morgan fingerprint density at radius 3 is 2.94 bits per heavy atom. The van der Waals surface area contributed by atoms with E-state index >= 15 is 0 Å². The van der Waals surface area contributed by atoms with Crippen molar-refractivity contribution < 1.29 is 4.79 Å². The summed E-state index contributed by atoms with van der Waals surface area (Å²) in [5, 5.41) is 5.87. The highest BCUT2D eigenvalue weighted by Crippen LogP contribution is 2.02. The number of amides is 1. The number of nitrogens with zero attached hydrogens (tertiary/aromatic N) is 2. The van der Waals surface area contributed by atoms with Gasteiger partial charge in [-0.1, -0.05) is 6.92 Å². The van der Waals surface area contributed by atoms with Gasteiger partial charge >= 0.3 is 0 Å². The molecular formula is C12H20N4OS. The van der Waals surface area contributed by atoms with Gasteiger partial charge < -0.3 is 10.6 Å². The third-order valence-electron chi connectivity index (χ3n) is 2.18. The van der Waals surface area contributed by atoms with Crippen molar-refractivity contribution in [3.8, 4) is 0 Å². The summed E-state index contributed by atoms with van der Waals surface area (Å²) in [6.45, 7) is 5.54. The Hall–Kier alpha value is -1.30. The zero-order valence-electron chi connectivity index (χ0n) is 10.9. The summed E-state index contributed by atoms with van der Waals surface area (Å²) in [5.74, 6) is 2.65. The molecule has 0 saturated carbocycles. The molecule has 1 rings (SSSR count). The zero-order chi connectivity index (χ0) is 13.2. The smallest absolute Gasteiger partial charge is 0.271 e. The summed E-state index contributed by atoms with van der Waals surface area (Å²) in [6.07, 6.45) is 4.07. The molecule has 5 nitrogen and oxygen atoms in total. The molecule has 1 aromatic heterocycles. The molecule has 0 atom stereocenters. The van der Waals surface area contributed by atoms with Crippen LogP contribution >= 0.6 is 11.8 Å². The lowest BCUT2D eigenvalue weighted by molar-refractivity contribution is 0.0948. The van der Waals surface area contributed by atoms with Crippen LogP contribution in [0.2, 0.25) is 0 Å². The maximum Gasteiger partial charge on any atom is 0.271 e. The predicted octanol–water partition coefficient (Wildman–Crippen LogP) is 1.78. The van der Waals surface area contributed by atoms with Gasteiger partial charge in [0.25, 0.3) is 5.91 Å². The fraction of sp³-hybridized carbons (Fsp3) is 0.583. The molecular weight excluding hydrogens is 248 g/mol. The first kappa shape index (κ1) is 14.8. The van der Waals surface area contributed by atoms with E-state index in [0.717, 1.165) is 24.5 Å². The van der Waals surface area contributed by atoms with Crippen LogP contribution in [0.4, 0.5) is 5.82 Å². The van der Waals surface area contributed by atoms with E-state index in [-0.39, 0.29) is 5.91 Å². The largest absolute Gasteiger partial charge is 0.369 e. The first-order chi connectivity index (χ1) is 8.77. The fourth-order valence-electron chi connectivity index (χ4n) is 1.35. The van der Waals surface area contributed by atoms with Gasteiger partial charge in [0, 0.05) is 13.1 Å². The number of anilines is 1. The van der Waals surface area contributed by atoms with E-state index in [0.29, 0.717) is 18.1 Å². The maximum atomic E-state index is 11.8. The second-order valence-electron chi connectivity index (χ2n) is 3.63. The molecule has 0 fully saturated rings. The minimum Gasteiger partial charge on any atom is -0.369 e. The van der Waals surface area contributed by atoms with Crippen LogP contribution in [-0.2, 0) is 0 Å². The SMILES string of the molecule is CCNc1cncc(C(=O)NCCCSCC)n1. The van der Waals surface area contributed by atoms with Crippen molar-refractivity contribution in [1.82, 2.24) is 15.3 Å². The summed E-state index contributed by atoms with van der Waals surface area (Å²) in [6, 6.07) is 0. The van der Waals surface area contributed by atoms with E-state index in [9.17, 15) is 4.79 Å². The number of hydrogen-bond acceptors (Lipinski definition) is 5. The number of hydrogen-bond donors (Lipinski definition) is 2. The monoisotopic (exact) mass is 268 g/mol. The summed E-state index contributed by atoms with van der Waals surface area (Å²) in [5.41, 5.74) is 0.358. The van der Waals surface area contributed by atoms with Crippen molar-refractivity contribution in [2.45, 2.75) is 20.3 Å². The molecule has 1 aromatic rings. The maximum absolute atomic E-state index is 11.8. The lowest BCUT2D eigenvalue weighted by atomic mass is 10.4. The molecule has 6 heteroatoms. The second-order valence-corrected chi connectivity index (χ2v) is 5.02. The molecule has 1 amide bonds. The van der Waals surface area contributed by atoms with Crippen molar-refractivity contribution >= 4 is 23.5 Å². The number of carbonyl (C=O) groups is 1. The fourth-order valence-corrected chi connectivity index (χ4v) is 1.99. The first-order valence-electron chi connectivity index (χ1n) is 6.19. The van der Waals surface area contributed by atoms with Gasteiger partial charge in [-0.3, -0.25) is 9.78 Å². The van der Waals surface area contributed by atoms with E-state index < -0.39 is 0 Å². The average molecular weight is 268 g/mol. The van der Waals surface area contributed by atoms with Crippen LogP contribution in [-0.4, -0.2) is 40.5 Å². The van der Waals surface area contributed by atoms with Gasteiger partial charge in [-0.05, 0) is 24.9 Å². The highest BCUT2D eigenvalue weighted by atomic mass is 32.2. The highest BCUT2D eigenvalue weighted by molar-refractivity contribution is 7.99. The summed E-state index contributed by atoms with van der Waals surface area (Å²) in [4.78, 5) is 20.0. The van der Waals surface area contributed by atoms with Gasteiger partial charge in [0.1, 0.15) is 11.5 Å². The number of aromatic nitrogens is 2. The van der Waals surface area contributed by atoms with E-state index in [1.165, 1.54) is 6.20 Å². The Kier molecular flexibility index (Phi) is 7.17. The number of nitrogens with one attached hydrogen (secondary N) is 2. The van der Waals surface area contributed by atoms with Gasteiger partial charge in [0.15, 0.2) is 0 Å². The third kappa shape index (κ3) is 5.35. The molecule has 0 saturated heterocycles. The minimum atomic E-state index is -0.163. The van der Waals surface area contributed by atoms with Crippen LogP contribution in [0, 0.1) is 0 Å². The number of carbonyl (C=O) groups excluding carboxylic acids is 1. The molecule has 0 radical (unpaired) electrons. The molecule has 0 aliphatic rings. The Morgan fingerprint density at radius 2 is 2.22 bits per heavy atom. The van der Waals surface area contributed by atoms with Crippen molar-refractivity contribution in [2.24, 2.45) is 0 Å². The van der Waals surface area contributed by atoms with Gasteiger partial charge in [-0.25, -0.2) is 4.98 Å². The van der Waals surface area contributed by atoms with Crippen LogP contribution in [0.15, 0.2) is 12.4 Å². The van der Waals surface area contributed by atoms with Gasteiger partial charge in [-0.2, -0.15) is 11.8 Å². The quantitative estimate of drug-likeness (QED) is 0.704. The van der Waals surface area contributed by atoms with Crippen molar-refractivity contribution in [3.05, 3.63) is 18.1 Å². The van der Waals surface area contributed by atoms with Gasteiger partial charge in [-0.15, -0.1) is 0 Å². The minimum absolute atomic E-state index is 0.163. The van der Waals surface area contributed by atoms with Crippen LogP contribution in [0.25, 0.3) is 0 Å². The summed E-state index contributed by atoms with van der Waals surface area (Å²) < 4.78 is 0. The first-order valence-corrected chi connectivity index (χ1v) is 7.35. The van der Waals surface area contributed by atoms with Crippen LogP contribution in [0.1, 0.15) is 30.8 Å². The van der Waals surface area contributed by atoms with Gasteiger partial charge in [0.2, 0.25) is 0 Å². The Labute approximate surface area is 112 Å². The standard InChI is InChI=1S/C12H20N4OS/c1-3-14-11-9-13-8-10(16-11)12(17)15-6-5-7-18-4-2/h8-9H,3-7H2,1-2H3,(H,14,16)(H,15,17). The van der Waals surface area contributed by atoms with E-state index in [2.05, 4.69) is 27.5 Å². The Bertz CT molecular complexity index is 373. The summed E-state index contributed by atoms with van der Waals surface area (Å²) >= 11 is 1.88. The number of rotatable bonds is 8. The van der Waals surface area contributed by atoms with Crippen molar-refractivity contribution in [1.29, 1.82) is 0 Å². The van der Waals surface area contributed by atoms with E-state index in [4.69, 9.17) is 0 Å². The van der Waals surface area contributed by atoms with Crippen molar-refractivity contribution in [2.75, 3.05) is 29.9 Å². The molecule has 0 unspecified atom stereocenters. The van der Waals surface area contributed by atoms with Crippen LogP contribution in [0.5, 0.6) is 0 Å². The van der Waals surface area contributed by atoms with E-state index in [1.54, 1.807) is 6.20 Å². The second kappa shape index (κ2) is 8.74. The summed E-state index contributed by atoms with van der Waals surface area (Å²) in [7, 11) is 0. The van der Waals surface area contributed by atoms with Crippen LogP contribution in [0.3, 0.4) is 0 Å². The van der Waals surface area contributed by atoms with Crippen molar-refractivity contribution in [3.63, 3.8) is 0 Å². The number of thioether (sulfide) groups is 1. The Balaban J connectivity index is 2.38. The molecule has 100 valence electrons. The average Bonchev–Trinajstić information content (AvgIpc) is 2.39. The predicted molar refractivity (Wildman–Crippen MR) is 76.1 cm³/mol. The molecule has 0 bridgehead atoms. The molecule has 0 spiro atoms. The topological polar surface area (TPSA) is 66.9 Å². The molecule has 0 aromatic carbocycles. The molecule has 2 N–H and O–H groups in total. The lowest BCUT2D eigenvalue weighted by Gasteiger charge is -2.06. The molecule has 1 heterocycles. The van der Waals surface area contributed by atoms with Gasteiger partial charge in [0.05, 0.1) is 12.4 Å². The van der Waals surface area contributed by atoms with Crippen LogP contribution < -0.4 is 10.6 Å². The zero-order valence-corrected chi connectivity index (χ0v) is 11.7. The highest BCUT2D eigenvalue weighted by Gasteiger charge is 2.07. The molecule has 0 aliphatic carbocycles. The van der Waals surface area contributed by atoms with E-state index in [1.807, 2.05) is 18.7 Å². The Morgan fingerprint density at radius 1 is 1.39 bits per heavy atom. The normalized spacial score (nSPS) is 10.1. The molecule has 18 heavy (non-hydrogen) atoms. The lowest BCUT2D eigenvalue weighted by Crippen LogP contribution is -2.26.